The first-order valence-electron chi connectivity index (χ1n) is 7.61. The molecule has 0 heterocycles. The minimum Gasteiger partial charge on any atom is -0.382 e. The summed E-state index contributed by atoms with van der Waals surface area (Å²) in [7, 11) is -1.94. The fourth-order valence-corrected chi connectivity index (χ4v) is 2.40. The molecule has 1 rings (SSSR count). The van der Waals surface area contributed by atoms with E-state index in [1.54, 1.807) is 19.2 Å². The van der Waals surface area contributed by atoms with Gasteiger partial charge in [0.05, 0.1) is 4.90 Å². The number of hydrogen-bond donors (Lipinski definition) is 3. The summed E-state index contributed by atoms with van der Waals surface area (Å²) >= 11 is 0. The van der Waals surface area contributed by atoms with Crippen molar-refractivity contribution in [2.45, 2.75) is 31.2 Å². The lowest BCUT2D eigenvalue weighted by atomic mass is 10.2. The van der Waals surface area contributed by atoms with Crippen LogP contribution in [-0.4, -0.2) is 41.2 Å². The van der Waals surface area contributed by atoms with Crippen LogP contribution in [0, 0.1) is 0 Å². The number of ether oxygens (including phenoxy) is 1. The highest BCUT2D eigenvalue weighted by Gasteiger charge is 2.06. The molecule has 0 unspecified atom stereocenters. The van der Waals surface area contributed by atoms with Gasteiger partial charge in [-0.2, -0.15) is 0 Å². The first kappa shape index (κ1) is 19.4. The van der Waals surface area contributed by atoms with Gasteiger partial charge in [0.25, 0.3) is 0 Å². The summed E-state index contributed by atoms with van der Waals surface area (Å²) < 4.78 is 27.7. The van der Waals surface area contributed by atoms with Crippen molar-refractivity contribution in [1.29, 1.82) is 0 Å². The highest BCUT2D eigenvalue weighted by molar-refractivity contribution is 7.89. The molecule has 1 aromatic rings. The highest BCUT2D eigenvalue weighted by Crippen LogP contribution is 2.08. The lowest BCUT2D eigenvalue weighted by molar-refractivity contribution is 0.143. The van der Waals surface area contributed by atoms with Gasteiger partial charge in [0.15, 0.2) is 5.96 Å². The summed E-state index contributed by atoms with van der Waals surface area (Å²) in [5.74, 6) is 0.705. The maximum absolute atomic E-state index is 11.2. The first-order chi connectivity index (χ1) is 11.0. The van der Waals surface area contributed by atoms with E-state index < -0.39 is 10.0 Å². The molecule has 0 spiro atoms. The zero-order valence-corrected chi connectivity index (χ0v) is 14.5. The lowest BCUT2D eigenvalue weighted by Crippen LogP contribution is -2.37. The van der Waals surface area contributed by atoms with Gasteiger partial charge in [0.1, 0.15) is 0 Å². The van der Waals surface area contributed by atoms with Crippen molar-refractivity contribution in [3.05, 3.63) is 29.8 Å². The molecule has 0 aromatic heterocycles. The molecule has 0 radical (unpaired) electrons. The van der Waals surface area contributed by atoms with E-state index in [-0.39, 0.29) is 4.90 Å². The minimum atomic E-state index is -3.64. The van der Waals surface area contributed by atoms with Gasteiger partial charge in [0.2, 0.25) is 10.0 Å². The molecule has 0 fully saturated rings. The van der Waals surface area contributed by atoms with Gasteiger partial charge >= 0.3 is 0 Å². The van der Waals surface area contributed by atoms with Crippen LogP contribution in [0.4, 0.5) is 0 Å². The first-order valence-corrected chi connectivity index (χ1v) is 9.16. The van der Waals surface area contributed by atoms with Crippen molar-refractivity contribution in [2.75, 3.05) is 26.8 Å². The normalized spacial score (nSPS) is 12.2. The molecule has 8 heteroatoms. The Hall–Kier alpha value is -1.64. The fraction of sp³-hybridized carbons (Fsp3) is 0.533. The molecular weight excluding hydrogens is 316 g/mol. The average Bonchev–Trinajstić information content (AvgIpc) is 2.53. The second-order valence-corrected chi connectivity index (χ2v) is 6.51. The molecule has 7 nitrogen and oxygen atoms in total. The zero-order valence-electron chi connectivity index (χ0n) is 13.7. The smallest absolute Gasteiger partial charge is 0.238 e. The van der Waals surface area contributed by atoms with E-state index in [4.69, 9.17) is 9.88 Å². The number of guanidine groups is 1. The monoisotopic (exact) mass is 342 g/mol. The number of hydrogen-bond acceptors (Lipinski definition) is 4. The molecule has 4 N–H and O–H groups in total. The van der Waals surface area contributed by atoms with Gasteiger partial charge < -0.3 is 15.4 Å². The highest BCUT2D eigenvalue weighted by atomic mass is 32.2. The average molecular weight is 342 g/mol. The zero-order chi connectivity index (χ0) is 17.1. The van der Waals surface area contributed by atoms with Crippen LogP contribution in [0.25, 0.3) is 0 Å². The summed E-state index contributed by atoms with van der Waals surface area (Å²) in [6, 6.07) is 6.44. The standard InChI is InChI=1S/C15H26N4O3S/c1-3-22-11-5-4-10-18-15(17-2)19-12-13-6-8-14(9-7-13)23(16,20)21/h6-9H,3-5,10-12H2,1-2H3,(H2,16,20,21)(H2,17,18,19). The second-order valence-electron chi connectivity index (χ2n) is 4.95. The van der Waals surface area contributed by atoms with E-state index in [1.807, 2.05) is 6.92 Å². The molecule has 0 aliphatic rings. The van der Waals surface area contributed by atoms with E-state index in [9.17, 15) is 8.42 Å². The molecule has 23 heavy (non-hydrogen) atoms. The molecule has 0 saturated heterocycles. The molecule has 0 atom stereocenters. The number of nitrogens with one attached hydrogen (secondary N) is 2. The topological polar surface area (TPSA) is 106 Å². The summed E-state index contributed by atoms with van der Waals surface area (Å²) in [5.41, 5.74) is 0.941. The number of nitrogens with two attached hydrogens (primary N) is 1. The number of sulfonamides is 1. The van der Waals surface area contributed by atoms with Crippen LogP contribution in [0.3, 0.4) is 0 Å². The molecule has 0 aliphatic heterocycles. The number of benzene rings is 1. The predicted octanol–water partition coefficient (Wildman–Crippen LogP) is 0.816. The van der Waals surface area contributed by atoms with Gasteiger partial charge in [-0.15, -0.1) is 0 Å². The maximum atomic E-state index is 11.2. The van der Waals surface area contributed by atoms with Crippen LogP contribution >= 0.6 is 0 Å². The van der Waals surface area contributed by atoms with E-state index in [2.05, 4.69) is 15.6 Å². The Labute approximate surface area is 138 Å². The minimum absolute atomic E-state index is 0.109. The summed E-state index contributed by atoms with van der Waals surface area (Å²) in [6.45, 7) is 4.88. The Morgan fingerprint density at radius 3 is 2.48 bits per heavy atom. The Balaban J connectivity index is 2.34. The quantitative estimate of drug-likeness (QED) is 0.350. The number of rotatable bonds is 9. The Bertz CT molecular complexity index is 585. The molecular formula is C15H26N4O3S. The Morgan fingerprint density at radius 1 is 1.22 bits per heavy atom. The molecule has 0 aliphatic carbocycles. The number of unbranched alkanes of at least 4 members (excludes halogenated alkanes) is 1. The number of primary sulfonamides is 1. The predicted molar refractivity (Wildman–Crippen MR) is 91.7 cm³/mol. The van der Waals surface area contributed by atoms with Crippen molar-refractivity contribution in [3.63, 3.8) is 0 Å². The summed E-state index contributed by atoms with van der Waals surface area (Å²) in [4.78, 5) is 4.25. The third-order valence-corrected chi connectivity index (χ3v) is 4.08. The molecule has 0 bridgehead atoms. The van der Waals surface area contributed by atoms with Crippen LogP contribution in [0.2, 0.25) is 0 Å². The van der Waals surface area contributed by atoms with Crippen molar-refractivity contribution in [1.82, 2.24) is 10.6 Å². The van der Waals surface area contributed by atoms with Crippen molar-refractivity contribution in [3.8, 4) is 0 Å². The molecule has 1 aromatic carbocycles. The van der Waals surface area contributed by atoms with Gasteiger partial charge in [-0.05, 0) is 37.5 Å². The molecule has 130 valence electrons. The fourth-order valence-electron chi connectivity index (χ4n) is 1.88. The van der Waals surface area contributed by atoms with Gasteiger partial charge in [-0.1, -0.05) is 12.1 Å². The summed E-state index contributed by atoms with van der Waals surface area (Å²) in [6.07, 6.45) is 2.01. The van der Waals surface area contributed by atoms with Crippen LogP contribution in [-0.2, 0) is 21.3 Å². The van der Waals surface area contributed by atoms with Gasteiger partial charge in [-0.3, -0.25) is 4.99 Å². The van der Waals surface area contributed by atoms with Crippen LogP contribution < -0.4 is 15.8 Å². The van der Waals surface area contributed by atoms with Gasteiger partial charge in [-0.25, -0.2) is 13.6 Å². The van der Waals surface area contributed by atoms with Crippen molar-refractivity contribution >= 4 is 16.0 Å². The van der Waals surface area contributed by atoms with E-state index in [0.717, 1.165) is 38.2 Å². The molecule has 0 amide bonds. The van der Waals surface area contributed by atoms with E-state index >= 15 is 0 Å². The van der Waals surface area contributed by atoms with Crippen LogP contribution in [0.15, 0.2) is 34.2 Å². The Kier molecular flexibility index (Phi) is 8.60. The third kappa shape index (κ3) is 7.96. The molecule has 0 saturated carbocycles. The number of nitrogens with zero attached hydrogens (tertiary/aromatic N) is 1. The second kappa shape index (κ2) is 10.2. The third-order valence-electron chi connectivity index (χ3n) is 3.15. The maximum Gasteiger partial charge on any atom is 0.238 e. The number of aliphatic imine (C=N–C) groups is 1. The Morgan fingerprint density at radius 2 is 1.91 bits per heavy atom. The SMILES string of the molecule is CCOCCCCNC(=NC)NCc1ccc(S(N)(=O)=O)cc1. The van der Waals surface area contributed by atoms with E-state index in [1.165, 1.54) is 12.1 Å². The van der Waals surface area contributed by atoms with Crippen LogP contribution in [0.5, 0.6) is 0 Å². The van der Waals surface area contributed by atoms with E-state index in [0.29, 0.717) is 12.5 Å². The summed E-state index contributed by atoms with van der Waals surface area (Å²) in [5, 5.41) is 11.5. The van der Waals surface area contributed by atoms with Crippen LogP contribution in [0.1, 0.15) is 25.3 Å². The van der Waals surface area contributed by atoms with Crippen molar-refractivity contribution in [2.24, 2.45) is 10.1 Å². The largest absolute Gasteiger partial charge is 0.382 e. The van der Waals surface area contributed by atoms with Crippen molar-refractivity contribution < 1.29 is 13.2 Å². The lowest BCUT2D eigenvalue weighted by Gasteiger charge is -2.12. The van der Waals surface area contributed by atoms with Gasteiger partial charge in [0, 0.05) is 33.4 Å².